The Labute approximate surface area is 440 Å². The van der Waals surface area contributed by atoms with Gasteiger partial charge < -0.3 is 0 Å². The highest BCUT2D eigenvalue weighted by Gasteiger charge is 2.61. The lowest BCUT2D eigenvalue weighted by Gasteiger charge is -2.58. The largest absolute Gasteiger partial charge is 0.225 e. The van der Waals surface area contributed by atoms with Gasteiger partial charge in [-0.3, -0.25) is 0 Å². The Hall–Kier alpha value is -1.98. The van der Waals surface area contributed by atoms with E-state index in [1.807, 2.05) is 35.9 Å². The van der Waals surface area contributed by atoms with Crippen molar-refractivity contribution in [1.82, 2.24) is 4.98 Å². The molecule has 0 aliphatic heterocycles. The number of thiazole rings is 1. The first-order chi connectivity index (χ1) is 33.2. The molecule has 2 aromatic rings. The van der Waals surface area contributed by atoms with E-state index < -0.39 is 9.84 Å². The summed E-state index contributed by atoms with van der Waals surface area (Å²) in [5.74, 6) is 9.54. The summed E-state index contributed by atoms with van der Waals surface area (Å²) in [7, 11) is -3.38. The number of fused-ring (bicyclic) bond motifs is 11. The lowest BCUT2D eigenvalue weighted by atomic mass is 9.46. The monoisotopic (exact) mass is 1010 g/mol. The first-order valence-electron chi connectivity index (χ1n) is 29.5. The van der Waals surface area contributed by atoms with Crippen molar-refractivity contribution in [3.63, 3.8) is 0 Å². The fourth-order valence-corrected chi connectivity index (χ4v) is 21.3. The Balaban J connectivity index is 0.000000170. The van der Waals surface area contributed by atoms with E-state index >= 15 is 0 Å². The van der Waals surface area contributed by atoms with Gasteiger partial charge in [0, 0.05) is 0 Å². The SMILES string of the molecule is C=CCC(C)(C)C.C[C@H]1CC[C@@]2(C)C(=CC[C@H]3[C@@H]4CC[C@H]([C@H](C)/C=C/CC(C)(C)C)[C@@]4(C)CC[C@@H]32)C1.C[C@H]1CC[C@@]2(C)C(=CC[C@H]3[C@@H]4CC[C@H]([C@H](C)CS(=O)(=O)c5nc6ccccc6s5)[C@@]4(C)CC[C@@H]32)C1. The Morgan fingerprint density at radius 3 is 1.69 bits per heavy atom. The molecule has 71 heavy (non-hydrogen) atoms. The molecule has 8 aliphatic rings. The van der Waals surface area contributed by atoms with Gasteiger partial charge in [0.2, 0.25) is 14.2 Å². The Morgan fingerprint density at radius 1 is 0.690 bits per heavy atom. The molecule has 1 aromatic carbocycles. The number of para-hydroxylation sites is 1. The van der Waals surface area contributed by atoms with Gasteiger partial charge in [-0.05, 0) is 231 Å². The summed E-state index contributed by atoms with van der Waals surface area (Å²) in [5, 5.41) is 0. The zero-order valence-corrected chi connectivity index (χ0v) is 49.5. The van der Waals surface area contributed by atoms with Crippen LogP contribution in [-0.2, 0) is 9.84 Å². The van der Waals surface area contributed by atoms with Crippen LogP contribution in [-0.4, -0.2) is 19.2 Å². The van der Waals surface area contributed by atoms with E-state index in [4.69, 9.17) is 0 Å². The van der Waals surface area contributed by atoms with Gasteiger partial charge in [-0.15, -0.1) is 17.9 Å². The molecule has 16 atom stereocenters. The van der Waals surface area contributed by atoms with Crippen LogP contribution in [0.2, 0.25) is 0 Å². The van der Waals surface area contributed by atoms with Crippen molar-refractivity contribution < 1.29 is 8.42 Å². The highest BCUT2D eigenvalue weighted by atomic mass is 32.2. The summed E-state index contributed by atoms with van der Waals surface area (Å²) in [6.07, 6.45) is 36.7. The second kappa shape index (κ2) is 20.9. The molecule has 0 N–H and O–H groups in total. The maximum atomic E-state index is 13.4. The smallest absolute Gasteiger partial charge is 0.210 e. The van der Waals surface area contributed by atoms with Gasteiger partial charge in [0.1, 0.15) is 0 Å². The molecule has 0 bridgehead atoms. The van der Waals surface area contributed by atoms with Crippen LogP contribution in [0.1, 0.15) is 213 Å². The molecular weight excluding hydrogens is 903 g/mol. The predicted molar refractivity (Wildman–Crippen MR) is 306 cm³/mol. The van der Waals surface area contributed by atoms with Crippen LogP contribution >= 0.6 is 11.3 Å². The molecule has 8 aliphatic carbocycles. The van der Waals surface area contributed by atoms with Crippen molar-refractivity contribution in [3.8, 4) is 0 Å². The van der Waals surface area contributed by atoms with Crippen molar-refractivity contribution in [2.75, 3.05) is 5.75 Å². The van der Waals surface area contributed by atoms with Gasteiger partial charge in [0.25, 0.3) is 0 Å². The van der Waals surface area contributed by atoms with E-state index in [1.165, 1.54) is 120 Å². The second-order valence-corrected chi connectivity index (χ2v) is 32.7. The Kier molecular flexibility index (Phi) is 16.2. The highest BCUT2D eigenvalue weighted by Crippen LogP contribution is 2.69. The van der Waals surface area contributed by atoms with Crippen molar-refractivity contribution in [1.29, 1.82) is 0 Å². The fraction of sp³-hybridized carbons (Fsp3) is 0.773. The maximum Gasteiger partial charge on any atom is 0.210 e. The molecule has 0 amide bonds. The number of nitrogens with zero attached hydrogens (tertiary/aromatic N) is 1. The van der Waals surface area contributed by atoms with Crippen molar-refractivity contribution in [3.05, 3.63) is 72.4 Å². The molecule has 10 rings (SSSR count). The van der Waals surface area contributed by atoms with E-state index in [0.717, 1.165) is 75.8 Å². The van der Waals surface area contributed by atoms with E-state index in [-0.39, 0.29) is 17.1 Å². The van der Waals surface area contributed by atoms with E-state index in [0.29, 0.717) is 37.3 Å². The molecule has 6 saturated carbocycles. The summed E-state index contributed by atoms with van der Waals surface area (Å²) in [5.41, 5.74) is 7.07. The molecule has 0 radical (unpaired) electrons. The standard InChI is InChI=1S/C30H41NO2S2.C29H48.C7H14/c1-19-13-15-29(3)21(17-19)9-10-22-24-12-11-23(30(24,4)16-14-25(22)29)20(2)18-35(32,33)28-31-26-7-5-6-8-27(26)34-28;1-20-14-17-28(6)22(19-20)10-11-23-25-13-12-24(29(25,7)18-15-26(23)28)21(2)9-8-16-27(3,4)5;1-5-6-7(2,3)4/h5-9,19-20,22-25H,10-18H2,1-4H3;8-10,20-21,23-26H,11-19H2,1-7H3;5H,1,6H2,2-4H3/b;9-8+;/t19-,20+,22-,23+,24-,25-,29-,30+;20-,21+,23-,24+,25-,26-,28-,29+;/m00./s1. The topological polar surface area (TPSA) is 47.0 Å². The van der Waals surface area contributed by atoms with Crippen LogP contribution in [0.3, 0.4) is 0 Å². The highest BCUT2D eigenvalue weighted by molar-refractivity contribution is 7.93. The van der Waals surface area contributed by atoms with E-state index in [1.54, 1.807) is 5.57 Å². The number of allylic oxidation sites excluding steroid dienone is 7. The van der Waals surface area contributed by atoms with Crippen molar-refractivity contribution >= 4 is 31.4 Å². The number of sulfone groups is 1. The number of hydrogen-bond acceptors (Lipinski definition) is 4. The number of rotatable bonds is 8. The van der Waals surface area contributed by atoms with Crippen molar-refractivity contribution in [2.24, 2.45) is 104 Å². The zero-order valence-electron chi connectivity index (χ0n) is 47.8. The first kappa shape index (κ1) is 55.3. The predicted octanol–water partition coefficient (Wildman–Crippen LogP) is 19.4. The van der Waals surface area contributed by atoms with Gasteiger partial charge in [-0.25, -0.2) is 13.4 Å². The molecule has 6 fully saturated rings. The molecule has 396 valence electrons. The third-order valence-electron chi connectivity index (χ3n) is 22.1. The van der Waals surface area contributed by atoms with Crippen LogP contribution in [0.5, 0.6) is 0 Å². The molecule has 0 unspecified atom stereocenters. The minimum Gasteiger partial charge on any atom is -0.225 e. The van der Waals surface area contributed by atoms with Gasteiger partial charge in [0.05, 0.1) is 16.0 Å². The van der Waals surface area contributed by atoms with Crippen LogP contribution in [0.4, 0.5) is 0 Å². The van der Waals surface area contributed by atoms with E-state index in [9.17, 15) is 8.42 Å². The average molecular weight is 1010 g/mol. The maximum absolute atomic E-state index is 13.4. The Bertz CT molecular complexity index is 2360. The van der Waals surface area contributed by atoms with Gasteiger partial charge in [0.15, 0.2) is 0 Å². The average Bonchev–Trinajstić information content (AvgIpc) is 4.00. The summed E-state index contributed by atoms with van der Waals surface area (Å²) in [6, 6.07) is 7.75. The number of hydrogen-bond donors (Lipinski definition) is 0. The number of aromatic nitrogens is 1. The van der Waals surface area contributed by atoms with Crippen LogP contribution in [0.15, 0.2) is 76.7 Å². The lowest BCUT2D eigenvalue weighted by molar-refractivity contribution is -0.0501. The van der Waals surface area contributed by atoms with Crippen molar-refractivity contribution in [2.45, 2.75) is 217 Å². The zero-order chi connectivity index (χ0) is 51.5. The third-order valence-corrected chi connectivity index (χ3v) is 25.5. The summed E-state index contributed by atoms with van der Waals surface area (Å²) in [4.78, 5) is 4.49. The van der Waals surface area contributed by atoms with Gasteiger partial charge in [-0.2, -0.15) is 0 Å². The van der Waals surface area contributed by atoms with Crippen LogP contribution in [0.25, 0.3) is 10.2 Å². The minimum atomic E-state index is -3.38. The molecule has 0 saturated heterocycles. The fourth-order valence-electron chi connectivity index (χ4n) is 18.3. The molecule has 1 heterocycles. The minimum absolute atomic E-state index is 0.166. The molecule has 1 aromatic heterocycles. The van der Waals surface area contributed by atoms with Gasteiger partial charge in [-0.1, -0.05) is 151 Å². The first-order valence-corrected chi connectivity index (χ1v) is 31.9. The quantitative estimate of drug-likeness (QED) is 0.248. The van der Waals surface area contributed by atoms with Crippen LogP contribution in [0, 0.1) is 104 Å². The second-order valence-electron chi connectivity index (χ2n) is 29.5. The normalized spacial score (nSPS) is 39.6. The Morgan fingerprint density at radius 2 is 1.20 bits per heavy atom. The summed E-state index contributed by atoms with van der Waals surface area (Å²) >= 11 is 1.33. The van der Waals surface area contributed by atoms with E-state index in [2.05, 4.69) is 133 Å². The summed E-state index contributed by atoms with van der Waals surface area (Å²) < 4.78 is 28.1. The lowest BCUT2D eigenvalue weighted by Crippen LogP contribution is -2.50. The van der Waals surface area contributed by atoms with Gasteiger partial charge >= 0.3 is 0 Å². The summed E-state index contributed by atoms with van der Waals surface area (Å²) in [6.45, 7) is 37.4. The molecule has 0 spiro atoms. The molecule has 5 heteroatoms. The van der Waals surface area contributed by atoms with Crippen LogP contribution < -0.4 is 0 Å². The number of benzene rings is 1. The molecular formula is C66H103NO2S2. The molecule has 3 nitrogen and oxygen atoms in total. The third kappa shape index (κ3) is 11.2.